The van der Waals surface area contributed by atoms with Crippen LogP contribution >= 0.6 is 0 Å². The van der Waals surface area contributed by atoms with Gasteiger partial charge < -0.3 is 4.74 Å². The summed E-state index contributed by atoms with van der Waals surface area (Å²) >= 11 is 0. The molecule has 0 spiro atoms. The highest BCUT2D eigenvalue weighted by atomic mass is 19.4. The zero-order valence-corrected chi connectivity index (χ0v) is 17.8. The highest BCUT2D eigenvalue weighted by Crippen LogP contribution is 2.50. The molecule has 2 heterocycles. The standard InChI is InChI=1S/C24H31F3NO/c1-5-8-9-14-23(7-3)20-12-11-18(29-24(25,26)27)15-19(20)21-13-10-17(4)16-28(21)22(23)6-2/h10-13,15-16,22H,5-9,14H2,1-4H3/q+1. The van der Waals surface area contributed by atoms with E-state index in [0.29, 0.717) is 0 Å². The number of alkyl halides is 3. The van der Waals surface area contributed by atoms with Crippen molar-refractivity contribution in [3.05, 3.63) is 47.7 Å². The maximum Gasteiger partial charge on any atom is 0.573 e. The molecule has 0 aliphatic carbocycles. The van der Waals surface area contributed by atoms with Gasteiger partial charge in [-0.15, -0.1) is 13.2 Å². The van der Waals surface area contributed by atoms with Crippen molar-refractivity contribution in [2.24, 2.45) is 0 Å². The Morgan fingerprint density at radius 3 is 2.45 bits per heavy atom. The molecule has 3 rings (SSSR count). The predicted molar refractivity (Wildman–Crippen MR) is 109 cm³/mol. The molecule has 1 aliphatic heterocycles. The zero-order valence-electron chi connectivity index (χ0n) is 17.8. The maximum atomic E-state index is 12.8. The van der Waals surface area contributed by atoms with Crippen molar-refractivity contribution < 1.29 is 22.5 Å². The van der Waals surface area contributed by atoms with Crippen LogP contribution in [0.2, 0.25) is 0 Å². The summed E-state index contributed by atoms with van der Waals surface area (Å²) in [5, 5.41) is 0. The molecule has 2 nitrogen and oxygen atoms in total. The molecule has 2 aromatic rings. The summed E-state index contributed by atoms with van der Waals surface area (Å²) in [5.74, 6) is -0.156. The second-order valence-electron chi connectivity index (χ2n) is 8.14. The fraction of sp³-hybridized carbons (Fsp3) is 0.542. The molecule has 5 heteroatoms. The van der Waals surface area contributed by atoms with Crippen LogP contribution < -0.4 is 9.30 Å². The molecule has 29 heavy (non-hydrogen) atoms. The normalized spacial score (nSPS) is 20.9. The summed E-state index contributed by atoms with van der Waals surface area (Å²) < 4.78 is 45.1. The van der Waals surface area contributed by atoms with Crippen molar-refractivity contribution in [1.29, 1.82) is 0 Å². The number of hydrogen-bond donors (Lipinski definition) is 0. The summed E-state index contributed by atoms with van der Waals surface area (Å²) in [6, 6.07) is 9.25. The quantitative estimate of drug-likeness (QED) is 0.355. The lowest BCUT2D eigenvalue weighted by Gasteiger charge is -2.42. The third kappa shape index (κ3) is 4.15. The van der Waals surface area contributed by atoms with E-state index in [9.17, 15) is 13.2 Å². The Morgan fingerprint density at radius 1 is 1.07 bits per heavy atom. The molecule has 0 saturated heterocycles. The first-order valence-electron chi connectivity index (χ1n) is 10.7. The first kappa shape index (κ1) is 21.7. The van der Waals surface area contributed by atoms with Gasteiger partial charge >= 0.3 is 6.36 Å². The number of rotatable bonds is 7. The van der Waals surface area contributed by atoms with Gasteiger partial charge in [0.1, 0.15) is 5.75 Å². The van der Waals surface area contributed by atoms with E-state index in [1.807, 2.05) is 18.2 Å². The van der Waals surface area contributed by atoms with Crippen LogP contribution in [0.5, 0.6) is 5.75 Å². The number of benzene rings is 1. The minimum absolute atomic E-state index is 0.0958. The molecule has 158 valence electrons. The van der Waals surface area contributed by atoms with Gasteiger partial charge in [0.05, 0.1) is 11.0 Å². The van der Waals surface area contributed by atoms with Gasteiger partial charge in [-0.1, -0.05) is 46.1 Å². The molecule has 0 N–H and O–H groups in total. The van der Waals surface area contributed by atoms with Gasteiger partial charge in [-0.2, -0.15) is 4.57 Å². The average molecular weight is 407 g/mol. The Hall–Kier alpha value is -2.04. The lowest BCUT2D eigenvalue weighted by molar-refractivity contribution is -0.725. The predicted octanol–water partition coefficient (Wildman–Crippen LogP) is 7.04. The van der Waals surface area contributed by atoms with Gasteiger partial charge in [0.15, 0.2) is 12.2 Å². The monoisotopic (exact) mass is 406 g/mol. The number of unbranched alkanes of at least 4 members (excludes halogenated alkanes) is 2. The molecule has 2 unspecified atom stereocenters. The van der Waals surface area contributed by atoms with Crippen LogP contribution in [0.25, 0.3) is 11.3 Å². The lowest BCUT2D eigenvalue weighted by atomic mass is 9.64. The van der Waals surface area contributed by atoms with E-state index in [4.69, 9.17) is 0 Å². The molecule has 0 fully saturated rings. The topological polar surface area (TPSA) is 13.1 Å². The van der Waals surface area contributed by atoms with Crippen molar-refractivity contribution in [3.8, 4) is 17.0 Å². The molecule has 1 aromatic heterocycles. The molecule has 0 amide bonds. The number of aromatic nitrogens is 1. The Kier molecular flexibility index (Phi) is 6.25. The molecule has 0 bridgehead atoms. The number of aryl methyl sites for hydroxylation is 1. The fourth-order valence-electron chi connectivity index (χ4n) is 5.11. The largest absolute Gasteiger partial charge is 0.573 e. The third-order valence-electron chi connectivity index (χ3n) is 6.38. The SMILES string of the molecule is CCCCCC1(CC)c2ccc(OC(F)(F)F)cc2-c2ccc(C)c[n+]2C1CC. The first-order chi connectivity index (χ1) is 13.8. The minimum atomic E-state index is -4.69. The number of halogens is 3. The van der Waals surface area contributed by atoms with Crippen LogP contribution in [0.15, 0.2) is 36.5 Å². The number of pyridine rings is 1. The zero-order chi connectivity index (χ0) is 21.2. The van der Waals surface area contributed by atoms with E-state index in [1.54, 1.807) is 6.07 Å². The summed E-state index contributed by atoms with van der Waals surface area (Å²) in [4.78, 5) is 0. The van der Waals surface area contributed by atoms with Crippen LogP contribution in [-0.2, 0) is 5.41 Å². The lowest BCUT2D eigenvalue weighted by Crippen LogP contribution is -2.55. The van der Waals surface area contributed by atoms with Crippen molar-refractivity contribution in [2.75, 3.05) is 0 Å². The molecule has 1 aliphatic rings. The van der Waals surface area contributed by atoms with Gasteiger partial charge in [0.25, 0.3) is 0 Å². The average Bonchev–Trinajstić information content (AvgIpc) is 2.66. The summed E-state index contributed by atoms with van der Waals surface area (Å²) in [5.41, 5.74) is 4.03. The molecule has 1 aromatic carbocycles. The first-order valence-corrected chi connectivity index (χ1v) is 10.7. The van der Waals surface area contributed by atoms with E-state index in [0.717, 1.165) is 60.9 Å². The number of hydrogen-bond acceptors (Lipinski definition) is 1. The van der Waals surface area contributed by atoms with Crippen LogP contribution in [-0.4, -0.2) is 6.36 Å². The Bertz CT molecular complexity index is 862. The Balaban J connectivity index is 2.22. The van der Waals surface area contributed by atoms with Crippen LogP contribution in [0.3, 0.4) is 0 Å². The minimum Gasteiger partial charge on any atom is -0.406 e. The van der Waals surface area contributed by atoms with Crippen molar-refractivity contribution in [2.45, 2.75) is 84.0 Å². The van der Waals surface area contributed by atoms with E-state index < -0.39 is 6.36 Å². The molecular formula is C24H31F3NO+. The van der Waals surface area contributed by atoms with Gasteiger partial charge in [0.2, 0.25) is 5.69 Å². The number of fused-ring (bicyclic) bond motifs is 3. The molecule has 0 saturated carbocycles. The van der Waals surface area contributed by atoms with Crippen molar-refractivity contribution >= 4 is 0 Å². The highest BCUT2D eigenvalue weighted by molar-refractivity contribution is 5.67. The maximum absolute atomic E-state index is 12.8. The third-order valence-corrected chi connectivity index (χ3v) is 6.38. The Morgan fingerprint density at radius 2 is 1.83 bits per heavy atom. The fourth-order valence-corrected chi connectivity index (χ4v) is 5.11. The second kappa shape index (κ2) is 8.37. The van der Waals surface area contributed by atoms with Gasteiger partial charge in [-0.3, -0.25) is 0 Å². The van der Waals surface area contributed by atoms with Crippen molar-refractivity contribution in [1.82, 2.24) is 0 Å². The van der Waals surface area contributed by atoms with E-state index >= 15 is 0 Å². The summed E-state index contributed by atoms with van der Waals surface area (Å²) in [6.07, 6.45) is 3.82. The van der Waals surface area contributed by atoms with E-state index in [-0.39, 0.29) is 17.2 Å². The van der Waals surface area contributed by atoms with Crippen LogP contribution in [0.1, 0.15) is 76.5 Å². The second-order valence-corrected chi connectivity index (χ2v) is 8.14. The summed E-state index contributed by atoms with van der Waals surface area (Å²) in [7, 11) is 0. The Labute approximate surface area is 171 Å². The van der Waals surface area contributed by atoms with Crippen molar-refractivity contribution in [3.63, 3.8) is 0 Å². The van der Waals surface area contributed by atoms with Gasteiger partial charge in [-0.25, -0.2) is 0 Å². The van der Waals surface area contributed by atoms with E-state index in [2.05, 4.69) is 43.2 Å². The number of ether oxygens (including phenoxy) is 1. The van der Waals surface area contributed by atoms with Crippen LogP contribution in [0, 0.1) is 6.92 Å². The van der Waals surface area contributed by atoms with Gasteiger partial charge in [-0.05, 0) is 43.5 Å². The van der Waals surface area contributed by atoms with Crippen LogP contribution in [0.4, 0.5) is 13.2 Å². The van der Waals surface area contributed by atoms with Gasteiger partial charge in [0, 0.05) is 18.1 Å². The highest BCUT2D eigenvalue weighted by Gasteiger charge is 2.50. The summed E-state index contributed by atoms with van der Waals surface area (Å²) in [6.45, 7) is 8.67. The molecule has 2 atom stereocenters. The van der Waals surface area contributed by atoms with E-state index in [1.165, 1.54) is 6.07 Å². The number of nitrogens with zero attached hydrogens (tertiary/aromatic N) is 1. The molecular weight excluding hydrogens is 375 g/mol. The molecule has 0 radical (unpaired) electrons. The smallest absolute Gasteiger partial charge is 0.406 e.